The molecule has 1 heterocycles. The van der Waals surface area contributed by atoms with E-state index in [2.05, 4.69) is 5.43 Å². The van der Waals surface area contributed by atoms with Gasteiger partial charge in [0.2, 0.25) is 0 Å². The first-order chi connectivity index (χ1) is 6.90. The van der Waals surface area contributed by atoms with Crippen LogP contribution in [0, 0.1) is 11.8 Å². The van der Waals surface area contributed by atoms with Crippen LogP contribution in [0.4, 0.5) is 0 Å². The van der Waals surface area contributed by atoms with E-state index in [-0.39, 0.29) is 0 Å². The van der Waals surface area contributed by atoms with Crippen LogP contribution in [0.5, 0.6) is 0 Å². The SMILES string of the molecule is NNC(CC1CCOC1)C1CCCC1. The molecule has 1 aliphatic heterocycles. The van der Waals surface area contributed by atoms with Crippen molar-refractivity contribution in [2.45, 2.75) is 44.6 Å². The van der Waals surface area contributed by atoms with Crippen molar-refractivity contribution < 1.29 is 4.74 Å². The summed E-state index contributed by atoms with van der Waals surface area (Å²) in [5, 5.41) is 0. The van der Waals surface area contributed by atoms with Gasteiger partial charge in [0.15, 0.2) is 0 Å². The molecule has 0 aromatic rings. The first-order valence-electron chi connectivity index (χ1n) is 5.94. The Bertz CT molecular complexity index is 163. The fourth-order valence-electron chi connectivity index (χ4n) is 2.88. The van der Waals surface area contributed by atoms with Crippen molar-refractivity contribution in [2.24, 2.45) is 17.7 Å². The highest BCUT2D eigenvalue weighted by atomic mass is 16.5. The van der Waals surface area contributed by atoms with Crippen molar-refractivity contribution in [1.82, 2.24) is 5.43 Å². The third-order valence-corrected chi connectivity index (χ3v) is 3.79. The molecule has 0 aromatic carbocycles. The molecule has 0 bridgehead atoms. The predicted octanol–water partition coefficient (Wildman–Crippen LogP) is 1.44. The summed E-state index contributed by atoms with van der Waals surface area (Å²) < 4.78 is 5.40. The summed E-state index contributed by atoms with van der Waals surface area (Å²) in [5.41, 5.74) is 3.02. The molecule has 82 valence electrons. The lowest BCUT2D eigenvalue weighted by Gasteiger charge is -2.24. The first-order valence-corrected chi connectivity index (χ1v) is 5.94. The molecule has 0 radical (unpaired) electrons. The van der Waals surface area contributed by atoms with Crippen LogP contribution in [0.1, 0.15) is 38.5 Å². The van der Waals surface area contributed by atoms with Crippen LogP contribution in [0.3, 0.4) is 0 Å². The van der Waals surface area contributed by atoms with Crippen LogP contribution in [-0.2, 0) is 4.74 Å². The Morgan fingerprint density at radius 3 is 2.64 bits per heavy atom. The first kappa shape index (κ1) is 10.4. The average molecular weight is 198 g/mol. The molecule has 2 rings (SSSR count). The number of hydrogen-bond donors (Lipinski definition) is 2. The van der Waals surface area contributed by atoms with Gasteiger partial charge in [0.05, 0.1) is 0 Å². The van der Waals surface area contributed by atoms with Gasteiger partial charge in [0, 0.05) is 19.3 Å². The van der Waals surface area contributed by atoms with Crippen molar-refractivity contribution in [1.29, 1.82) is 0 Å². The third-order valence-electron chi connectivity index (χ3n) is 3.79. The second-order valence-corrected chi connectivity index (χ2v) is 4.78. The number of nitrogens with one attached hydrogen (secondary N) is 1. The van der Waals surface area contributed by atoms with Crippen LogP contribution in [0.2, 0.25) is 0 Å². The lowest BCUT2D eigenvalue weighted by atomic mass is 9.89. The monoisotopic (exact) mass is 198 g/mol. The molecular formula is C11H22N2O. The highest BCUT2D eigenvalue weighted by molar-refractivity contribution is 4.82. The normalized spacial score (nSPS) is 31.1. The Balaban J connectivity index is 1.79. The minimum Gasteiger partial charge on any atom is -0.381 e. The Labute approximate surface area is 86.4 Å². The van der Waals surface area contributed by atoms with Crippen LogP contribution in [0.15, 0.2) is 0 Å². The fraction of sp³-hybridized carbons (Fsp3) is 1.00. The summed E-state index contributed by atoms with van der Waals surface area (Å²) >= 11 is 0. The van der Waals surface area contributed by atoms with Gasteiger partial charge in [0.1, 0.15) is 0 Å². The lowest BCUT2D eigenvalue weighted by Crippen LogP contribution is -2.41. The van der Waals surface area contributed by atoms with Gasteiger partial charge in [-0.15, -0.1) is 0 Å². The summed E-state index contributed by atoms with van der Waals surface area (Å²) in [4.78, 5) is 0. The number of hydrazine groups is 1. The molecule has 1 saturated heterocycles. The van der Waals surface area contributed by atoms with Crippen LogP contribution < -0.4 is 11.3 Å². The van der Waals surface area contributed by atoms with E-state index >= 15 is 0 Å². The van der Waals surface area contributed by atoms with Gasteiger partial charge in [0.25, 0.3) is 0 Å². The Kier molecular flexibility index (Phi) is 3.79. The summed E-state index contributed by atoms with van der Waals surface area (Å²) in [6.45, 7) is 1.90. The van der Waals surface area contributed by atoms with Gasteiger partial charge in [-0.05, 0) is 37.5 Å². The minimum absolute atomic E-state index is 0.532. The van der Waals surface area contributed by atoms with Gasteiger partial charge in [-0.25, -0.2) is 0 Å². The van der Waals surface area contributed by atoms with E-state index in [1.165, 1.54) is 38.5 Å². The fourth-order valence-corrected chi connectivity index (χ4v) is 2.88. The van der Waals surface area contributed by atoms with Crippen molar-refractivity contribution >= 4 is 0 Å². The molecule has 2 aliphatic rings. The van der Waals surface area contributed by atoms with Crippen LogP contribution >= 0.6 is 0 Å². The zero-order chi connectivity index (χ0) is 9.80. The number of hydrogen-bond acceptors (Lipinski definition) is 3. The largest absolute Gasteiger partial charge is 0.381 e. The summed E-state index contributed by atoms with van der Waals surface area (Å²) in [5.74, 6) is 7.21. The van der Waals surface area contributed by atoms with E-state index in [1.807, 2.05) is 0 Å². The topological polar surface area (TPSA) is 47.3 Å². The molecule has 0 amide bonds. The zero-order valence-corrected chi connectivity index (χ0v) is 8.87. The lowest BCUT2D eigenvalue weighted by molar-refractivity contribution is 0.177. The maximum absolute atomic E-state index is 5.64. The predicted molar refractivity (Wildman–Crippen MR) is 56.6 cm³/mol. The molecule has 1 saturated carbocycles. The zero-order valence-electron chi connectivity index (χ0n) is 8.87. The molecule has 2 unspecified atom stereocenters. The Morgan fingerprint density at radius 1 is 1.29 bits per heavy atom. The molecule has 1 aliphatic carbocycles. The van der Waals surface area contributed by atoms with E-state index in [1.54, 1.807) is 0 Å². The number of ether oxygens (including phenoxy) is 1. The van der Waals surface area contributed by atoms with Gasteiger partial charge < -0.3 is 4.74 Å². The summed E-state index contributed by atoms with van der Waals surface area (Å²) in [6.07, 6.45) is 7.95. The molecule has 2 atom stereocenters. The van der Waals surface area contributed by atoms with E-state index < -0.39 is 0 Å². The van der Waals surface area contributed by atoms with E-state index in [9.17, 15) is 0 Å². The van der Waals surface area contributed by atoms with E-state index in [0.29, 0.717) is 6.04 Å². The smallest absolute Gasteiger partial charge is 0.0495 e. The molecule has 0 aromatic heterocycles. The number of rotatable bonds is 4. The third kappa shape index (κ3) is 2.47. The molecule has 3 nitrogen and oxygen atoms in total. The quantitative estimate of drug-likeness (QED) is 0.531. The summed E-state index contributed by atoms with van der Waals surface area (Å²) in [7, 11) is 0. The molecule has 14 heavy (non-hydrogen) atoms. The van der Waals surface area contributed by atoms with Crippen LogP contribution in [0.25, 0.3) is 0 Å². The highest BCUT2D eigenvalue weighted by Crippen LogP contribution is 2.31. The molecular weight excluding hydrogens is 176 g/mol. The summed E-state index contributed by atoms with van der Waals surface area (Å²) in [6, 6.07) is 0.532. The second kappa shape index (κ2) is 5.10. The van der Waals surface area contributed by atoms with Gasteiger partial charge in [-0.3, -0.25) is 11.3 Å². The van der Waals surface area contributed by atoms with Gasteiger partial charge >= 0.3 is 0 Å². The molecule has 2 fully saturated rings. The molecule has 3 N–H and O–H groups in total. The van der Waals surface area contributed by atoms with Crippen molar-refractivity contribution in [3.63, 3.8) is 0 Å². The highest BCUT2D eigenvalue weighted by Gasteiger charge is 2.27. The Morgan fingerprint density at radius 2 is 2.07 bits per heavy atom. The van der Waals surface area contributed by atoms with Gasteiger partial charge in [-0.2, -0.15) is 0 Å². The average Bonchev–Trinajstić information content (AvgIpc) is 2.86. The van der Waals surface area contributed by atoms with Crippen LogP contribution in [-0.4, -0.2) is 19.3 Å². The van der Waals surface area contributed by atoms with E-state index in [4.69, 9.17) is 10.6 Å². The van der Waals surface area contributed by atoms with Gasteiger partial charge in [-0.1, -0.05) is 12.8 Å². The van der Waals surface area contributed by atoms with Crippen molar-refractivity contribution in [3.05, 3.63) is 0 Å². The standard InChI is InChI=1S/C11H22N2O/c12-13-11(10-3-1-2-4-10)7-9-5-6-14-8-9/h9-11,13H,1-8,12H2. The number of nitrogens with two attached hydrogens (primary N) is 1. The second-order valence-electron chi connectivity index (χ2n) is 4.78. The molecule has 0 spiro atoms. The van der Waals surface area contributed by atoms with Crippen molar-refractivity contribution in [2.75, 3.05) is 13.2 Å². The molecule has 3 heteroatoms. The maximum Gasteiger partial charge on any atom is 0.0495 e. The maximum atomic E-state index is 5.64. The van der Waals surface area contributed by atoms with Crippen molar-refractivity contribution in [3.8, 4) is 0 Å². The Hall–Kier alpha value is -0.120. The van der Waals surface area contributed by atoms with E-state index in [0.717, 1.165) is 25.0 Å². The minimum atomic E-state index is 0.532.